The maximum atomic E-state index is 11.7. The average Bonchev–Trinajstić information content (AvgIpc) is 2.31. The van der Waals surface area contributed by atoms with E-state index in [1.807, 2.05) is 6.92 Å². The average molecular weight is 286 g/mol. The highest BCUT2D eigenvalue weighted by atomic mass is 35.5. The Kier molecular flexibility index (Phi) is 7.74. The number of carbonyl (C=O) groups excluding carboxylic acids is 1. The number of carbonyl (C=O) groups is 1. The van der Waals surface area contributed by atoms with Crippen molar-refractivity contribution in [2.45, 2.75) is 32.7 Å². The van der Waals surface area contributed by atoms with Crippen LogP contribution in [0, 0.1) is 5.92 Å². The topological polar surface area (TPSA) is 72.5 Å². The second-order valence-electron chi connectivity index (χ2n) is 3.87. The van der Waals surface area contributed by atoms with Crippen molar-refractivity contribution in [1.82, 2.24) is 4.72 Å². The van der Waals surface area contributed by atoms with Gasteiger partial charge in [-0.1, -0.05) is 20.3 Å². The molecule has 102 valence electrons. The molecule has 0 amide bonds. The molecule has 0 aromatic carbocycles. The highest BCUT2D eigenvalue weighted by molar-refractivity contribution is 7.89. The lowest BCUT2D eigenvalue weighted by Gasteiger charge is -2.21. The molecular formula is C10H20ClNO4S. The Morgan fingerprint density at radius 3 is 2.47 bits per heavy atom. The molecule has 1 N–H and O–H groups in total. The standard InChI is InChI=1S/C10H20ClNO4S/c1-4-8(2)9(10(13)16-3)12-17(14,15)7-5-6-11/h8-9,12H,4-7H2,1-3H3. The second-order valence-corrected chi connectivity index (χ2v) is 6.12. The highest BCUT2D eigenvalue weighted by Gasteiger charge is 2.29. The monoisotopic (exact) mass is 285 g/mol. The molecule has 0 bridgehead atoms. The number of ether oxygens (including phenoxy) is 1. The van der Waals surface area contributed by atoms with E-state index in [1.54, 1.807) is 6.92 Å². The van der Waals surface area contributed by atoms with Crippen LogP contribution in [0.15, 0.2) is 0 Å². The number of halogens is 1. The predicted octanol–water partition coefficient (Wildman–Crippen LogP) is 1.12. The smallest absolute Gasteiger partial charge is 0.324 e. The molecule has 2 unspecified atom stereocenters. The minimum Gasteiger partial charge on any atom is -0.468 e. The summed E-state index contributed by atoms with van der Waals surface area (Å²) in [5.41, 5.74) is 0. The van der Waals surface area contributed by atoms with Gasteiger partial charge >= 0.3 is 5.97 Å². The Labute approximate surface area is 108 Å². The fraction of sp³-hybridized carbons (Fsp3) is 0.900. The third-order valence-corrected chi connectivity index (χ3v) is 4.23. The lowest BCUT2D eigenvalue weighted by Crippen LogP contribution is -2.46. The van der Waals surface area contributed by atoms with Gasteiger partial charge in [0.15, 0.2) is 0 Å². The van der Waals surface area contributed by atoms with Gasteiger partial charge in [0.25, 0.3) is 0 Å². The SMILES string of the molecule is CCC(C)C(NS(=O)(=O)CCCCl)C(=O)OC. The first-order valence-electron chi connectivity index (χ1n) is 5.51. The zero-order valence-electron chi connectivity index (χ0n) is 10.4. The van der Waals surface area contributed by atoms with Crippen molar-refractivity contribution < 1.29 is 17.9 Å². The van der Waals surface area contributed by atoms with E-state index in [0.29, 0.717) is 12.8 Å². The van der Waals surface area contributed by atoms with Gasteiger partial charge < -0.3 is 4.74 Å². The van der Waals surface area contributed by atoms with E-state index in [4.69, 9.17) is 11.6 Å². The zero-order valence-corrected chi connectivity index (χ0v) is 12.0. The second kappa shape index (κ2) is 7.89. The van der Waals surface area contributed by atoms with Crippen molar-refractivity contribution >= 4 is 27.6 Å². The molecule has 7 heteroatoms. The molecule has 2 atom stereocenters. The molecule has 0 rings (SSSR count). The van der Waals surface area contributed by atoms with Crippen LogP contribution in [-0.4, -0.2) is 39.2 Å². The minimum absolute atomic E-state index is 0.0829. The third-order valence-electron chi connectivity index (χ3n) is 2.52. The number of sulfonamides is 1. The summed E-state index contributed by atoms with van der Waals surface area (Å²) >= 11 is 5.44. The van der Waals surface area contributed by atoms with Gasteiger partial charge in [0, 0.05) is 5.88 Å². The van der Waals surface area contributed by atoms with E-state index in [2.05, 4.69) is 9.46 Å². The fourth-order valence-electron chi connectivity index (χ4n) is 1.26. The molecule has 0 aliphatic carbocycles. The number of methoxy groups -OCH3 is 1. The van der Waals surface area contributed by atoms with Crippen LogP contribution in [0.2, 0.25) is 0 Å². The molecule has 0 spiro atoms. The molecule has 0 aromatic heterocycles. The molecule has 0 fully saturated rings. The van der Waals surface area contributed by atoms with E-state index >= 15 is 0 Å². The van der Waals surface area contributed by atoms with Crippen molar-refractivity contribution in [2.24, 2.45) is 5.92 Å². The Bertz CT molecular complexity index is 331. The predicted molar refractivity (Wildman–Crippen MR) is 67.5 cm³/mol. The summed E-state index contributed by atoms with van der Waals surface area (Å²) in [6.45, 7) is 3.68. The first-order chi connectivity index (χ1) is 7.87. The van der Waals surface area contributed by atoms with Crippen molar-refractivity contribution in [2.75, 3.05) is 18.7 Å². The molecule has 0 aliphatic heterocycles. The number of hydrogen-bond acceptors (Lipinski definition) is 4. The maximum absolute atomic E-state index is 11.7. The Hall–Kier alpha value is -0.330. The quantitative estimate of drug-likeness (QED) is 0.536. The summed E-state index contributed by atoms with van der Waals surface area (Å²) in [6, 6.07) is -0.828. The van der Waals surface area contributed by atoms with Gasteiger partial charge in [-0.3, -0.25) is 4.79 Å². The van der Waals surface area contributed by atoms with Gasteiger partial charge in [-0.2, -0.15) is 0 Å². The van der Waals surface area contributed by atoms with Gasteiger partial charge in [0.2, 0.25) is 10.0 Å². The molecule has 0 saturated heterocycles. The summed E-state index contributed by atoms with van der Waals surface area (Å²) in [7, 11) is -2.25. The number of esters is 1. The van der Waals surface area contributed by atoms with Crippen LogP contribution in [0.1, 0.15) is 26.7 Å². The summed E-state index contributed by atoms with van der Waals surface area (Å²) in [6.07, 6.45) is 1.03. The van der Waals surface area contributed by atoms with Crippen LogP contribution in [0.4, 0.5) is 0 Å². The lowest BCUT2D eigenvalue weighted by molar-refractivity contribution is -0.143. The van der Waals surface area contributed by atoms with Crippen LogP contribution in [0.5, 0.6) is 0 Å². The fourth-order valence-corrected chi connectivity index (χ4v) is 2.91. The largest absolute Gasteiger partial charge is 0.468 e. The zero-order chi connectivity index (χ0) is 13.5. The van der Waals surface area contributed by atoms with Crippen molar-refractivity contribution in [1.29, 1.82) is 0 Å². The molecule has 0 aromatic rings. The first kappa shape index (κ1) is 16.7. The number of hydrogen-bond donors (Lipinski definition) is 1. The van der Waals surface area contributed by atoms with Gasteiger partial charge in [0.05, 0.1) is 12.9 Å². The van der Waals surface area contributed by atoms with E-state index < -0.39 is 22.0 Å². The normalized spacial score (nSPS) is 15.3. The van der Waals surface area contributed by atoms with E-state index in [1.165, 1.54) is 7.11 Å². The van der Waals surface area contributed by atoms with Crippen molar-refractivity contribution in [3.63, 3.8) is 0 Å². The maximum Gasteiger partial charge on any atom is 0.324 e. The Balaban J connectivity index is 4.69. The highest BCUT2D eigenvalue weighted by Crippen LogP contribution is 2.10. The summed E-state index contributed by atoms with van der Waals surface area (Å²) < 4.78 is 30.3. The van der Waals surface area contributed by atoms with E-state index in [9.17, 15) is 13.2 Å². The summed E-state index contributed by atoms with van der Waals surface area (Å²) in [5.74, 6) is -0.491. The molecule has 0 heterocycles. The molecule has 5 nitrogen and oxygen atoms in total. The Morgan fingerprint density at radius 2 is 2.06 bits per heavy atom. The number of nitrogens with one attached hydrogen (secondary N) is 1. The number of rotatable bonds is 8. The number of alkyl halides is 1. The third kappa shape index (κ3) is 6.24. The van der Waals surface area contributed by atoms with Crippen molar-refractivity contribution in [3.8, 4) is 0 Å². The van der Waals surface area contributed by atoms with Crippen LogP contribution < -0.4 is 4.72 Å². The van der Waals surface area contributed by atoms with Gasteiger partial charge in [-0.05, 0) is 12.3 Å². The Morgan fingerprint density at radius 1 is 1.47 bits per heavy atom. The minimum atomic E-state index is -3.49. The van der Waals surface area contributed by atoms with Crippen molar-refractivity contribution in [3.05, 3.63) is 0 Å². The van der Waals surface area contributed by atoms with Gasteiger partial charge in [0.1, 0.15) is 6.04 Å². The van der Waals surface area contributed by atoms with Crippen LogP contribution >= 0.6 is 11.6 Å². The van der Waals surface area contributed by atoms with Crippen LogP contribution in [0.3, 0.4) is 0 Å². The molecule has 0 saturated carbocycles. The van der Waals surface area contributed by atoms with E-state index in [0.717, 1.165) is 0 Å². The first-order valence-corrected chi connectivity index (χ1v) is 7.70. The molecular weight excluding hydrogens is 266 g/mol. The van der Waals surface area contributed by atoms with Gasteiger partial charge in [-0.15, -0.1) is 11.6 Å². The van der Waals surface area contributed by atoms with Crippen LogP contribution in [0.25, 0.3) is 0 Å². The van der Waals surface area contributed by atoms with Gasteiger partial charge in [-0.25, -0.2) is 13.1 Å². The lowest BCUT2D eigenvalue weighted by atomic mass is 10.0. The molecule has 0 aliphatic rings. The molecule has 0 radical (unpaired) electrons. The van der Waals surface area contributed by atoms with Crippen LogP contribution in [-0.2, 0) is 19.6 Å². The summed E-state index contributed by atoms with van der Waals surface area (Å²) in [4.78, 5) is 11.5. The van der Waals surface area contributed by atoms with E-state index in [-0.39, 0.29) is 17.6 Å². The summed E-state index contributed by atoms with van der Waals surface area (Å²) in [5, 5.41) is 0. The molecule has 17 heavy (non-hydrogen) atoms.